The van der Waals surface area contributed by atoms with E-state index >= 15 is 0 Å². The smallest absolute Gasteiger partial charge is 0.277 e. The predicted octanol–water partition coefficient (Wildman–Crippen LogP) is 2.76. The average molecular weight is 380 g/mol. The Morgan fingerprint density at radius 2 is 1.79 bits per heavy atom. The van der Waals surface area contributed by atoms with E-state index in [0.29, 0.717) is 11.5 Å². The van der Waals surface area contributed by atoms with E-state index < -0.39 is 0 Å². The number of hydrogen-bond donors (Lipinski definition) is 2. The van der Waals surface area contributed by atoms with Crippen LogP contribution in [0.25, 0.3) is 0 Å². The molecule has 0 radical (unpaired) electrons. The van der Waals surface area contributed by atoms with Crippen molar-refractivity contribution in [1.82, 2.24) is 25.0 Å². The Bertz CT molecular complexity index is 947. The van der Waals surface area contributed by atoms with Crippen molar-refractivity contribution in [3.05, 3.63) is 48.0 Å². The highest BCUT2D eigenvalue weighted by Crippen LogP contribution is 2.21. The van der Waals surface area contributed by atoms with Crippen LogP contribution in [0.15, 0.2) is 36.5 Å². The molecule has 146 valence electrons. The Balaban J connectivity index is 1.69. The first-order valence-corrected chi connectivity index (χ1v) is 9.14. The zero-order chi connectivity index (χ0) is 20.1. The van der Waals surface area contributed by atoms with E-state index in [9.17, 15) is 4.79 Å². The Kier molecular flexibility index (Phi) is 5.83. The topological polar surface area (TPSA) is 101 Å². The average Bonchev–Trinajstić information content (AvgIpc) is 3.10. The van der Waals surface area contributed by atoms with Gasteiger partial charge in [-0.3, -0.25) is 9.48 Å². The third-order valence-electron chi connectivity index (χ3n) is 4.16. The van der Waals surface area contributed by atoms with Crippen molar-refractivity contribution in [2.24, 2.45) is 7.05 Å². The Labute approximate surface area is 163 Å². The summed E-state index contributed by atoms with van der Waals surface area (Å²) in [6.07, 6.45) is 1.57. The molecule has 0 fully saturated rings. The molecule has 0 spiro atoms. The molecule has 0 saturated heterocycles. The maximum Gasteiger partial charge on any atom is 0.277 e. The highest BCUT2D eigenvalue weighted by molar-refractivity contribution is 6.02. The second-order valence-corrected chi connectivity index (χ2v) is 6.26. The van der Waals surface area contributed by atoms with Crippen LogP contribution in [0, 0.1) is 6.92 Å². The Morgan fingerprint density at radius 3 is 2.39 bits per heavy atom. The molecule has 2 aromatic heterocycles. The molecular formula is C19H24N8O. The van der Waals surface area contributed by atoms with Crippen LogP contribution in [-0.2, 0) is 7.05 Å². The first kappa shape index (κ1) is 19.3. The van der Waals surface area contributed by atoms with E-state index in [0.717, 1.165) is 30.4 Å². The van der Waals surface area contributed by atoms with Gasteiger partial charge in [0.15, 0.2) is 5.69 Å². The van der Waals surface area contributed by atoms with Crippen molar-refractivity contribution in [3.8, 4) is 0 Å². The summed E-state index contributed by atoms with van der Waals surface area (Å²) in [5.74, 6) is 2.03. The molecule has 1 aromatic carbocycles. The third-order valence-corrected chi connectivity index (χ3v) is 4.16. The monoisotopic (exact) mass is 380 g/mol. The number of hydrogen-bond acceptors (Lipinski definition) is 7. The van der Waals surface area contributed by atoms with Gasteiger partial charge in [0.05, 0.1) is 6.20 Å². The van der Waals surface area contributed by atoms with E-state index in [1.165, 1.54) is 4.68 Å². The number of benzene rings is 1. The molecule has 0 unspecified atom stereocenters. The van der Waals surface area contributed by atoms with Gasteiger partial charge in [-0.1, -0.05) is 5.21 Å². The second kappa shape index (κ2) is 8.47. The number of aromatic nitrogens is 5. The minimum Gasteiger partial charge on any atom is -0.357 e. The van der Waals surface area contributed by atoms with Gasteiger partial charge in [0.2, 0.25) is 0 Å². The normalized spacial score (nSPS) is 10.6. The van der Waals surface area contributed by atoms with Crippen LogP contribution in [0.3, 0.4) is 0 Å². The summed E-state index contributed by atoms with van der Waals surface area (Å²) in [5.41, 5.74) is 1.80. The van der Waals surface area contributed by atoms with Crippen molar-refractivity contribution in [2.45, 2.75) is 20.8 Å². The van der Waals surface area contributed by atoms with Crippen molar-refractivity contribution in [3.63, 3.8) is 0 Å². The fourth-order valence-corrected chi connectivity index (χ4v) is 2.76. The summed E-state index contributed by atoms with van der Waals surface area (Å²) >= 11 is 0. The number of carbonyl (C=O) groups is 1. The highest BCUT2D eigenvalue weighted by atomic mass is 16.2. The zero-order valence-corrected chi connectivity index (χ0v) is 16.5. The number of rotatable bonds is 7. The molecule has 1 amide bonds. The lowest BCUT2D eigenvalue weighted by Gasteiger charge is -2.20. The Hall–Kier alpha value is -3.49. The van der Waals surface area contributed by atoms with E-state index in [-0.39, 0.29) is 11.6 Å². The van der Waals surface area contributed by atoms with E-state index in [4.69, 9.17) is 0 Å². The Morgan fingerprint density at radius 1 is 1.11 bits per heavy atom. The molecule has 2 N–H and O–H groups in total. The summed E-state index contributed by atoms with van der Waals surface area (Å²) in [7, 11) is 1.71. The van der Waals surface area contributed by atoms with Gasteiger partial charge in [-0.25, -0.2) is 9.97 Å². The predicted molar refractivity (Wildman–Crippen MR) is 109 cm³/mol. The lowest BCUT2D eigenvalue weighted by atomic mass is 10.2. The van der Waals surface area contributed by atoms with Gasteiger partial charge < -0.3 is 15.5 Å². The molecule has 28 heavy (non-hydrogen) atoms. The van der Waals surface area contributed by atoms with Crippen LogP contribution in [0.2, 0.25) is 0 Å². The van der Waals surface area contributed by atoms with Gasteiger partial charge in [-0.2, -0.15) is 0 Å². The number of carbonyl (C=O) groups excluding carboxylic acids is 1. The summed E-state index contributed by atoms with van der Waals surface area (Å²) in [6.45, 7) is 7.84. The van der Waals surface area contributed by atoms with Gasteiger partial charge in [0.1, 0.15) is 17.5 Å². The van der Waals surface area contributed by atoms with Crippen LogP contribution in [0.1, 0.15) is 30.2 Å². The maximum atomic E-state index is 12.1. The molecule has 2 heterocycles. The maximum absolute atomic E-state index is 12.1. The second-order valence-electron chi connectivity index (χ2n) is 6.26. The number of nitrogens with one attached hydrogen (secondary N) is 2. The quantitative estimate of drug-likeness (QED) is 0.650. The zero-order valence-electron chi connectivity index (χ0n) is 16.5. The molecule has 0 aliphatic heterocycles. The van der Waals surface area contributed by atoms with Crippen LogP contribution in [0.4, 0.5) is 23.0 Å². The summed E-state index contributed by atoms with van der Waals surface area (Å²) < 4.78 is 1.48. The molecule has 9 nitrogen and oxygen atoms in total. The third kappa shape index (κ3) is 4.61. The largest absolute Gasteiger partial charge is 0.357 e. The van der Waals surface area contributed by atoms with Gasteiger partial charge in [-0.05, 0) is 45.0 Å². The SMILES string of the molecule is CCN(CC)c1cc(Nc2ccc(NC(=O)c3cn(C)nn3)cc2)nc(C)n1. The molecule has 3 aromatic rings. The van der Waals surface area contributed by atoms with Crippen molar-refractivity contribution in [2.75, 3.05) is 28.6 Å². The lowest BCUT2D eigenvalue weighted by Crippen LogP contribution is -2.23. The number of anilines is 4. The van der Waals surface area contributed by atoms with Crippen molar-refractivity contribution in [1.29, 1.82) is 0 Å². The molecule has 0 bridgehead atoms. The number of amides is 1. The lowest BCUT2D eigenvalue weighted by molar-refractivity contribution is 0.102. The summed E-state index contributed by atoms with van der Waals surface area (Å²) in [4.78, 5) is 23.3. The molecule has 0 atom stereocenters. The van der Waals surface area contributed by atoms with Crippen molar-refractivity contribution < 1.29 is 4.79 Å². The number of aryl methyl sites for hydroxylation is 2. The standard InChI is InChI=1S/C19H24N8O/c1-5-27(6-2)18-11-17(20-13(3)21-18)22-14-7-9-15(10-8-14)23-19(28)16-12-26(4)25-24-16/h7-12H,5-6H2,1-4H3,(H,23,28)(H,20,21,22). The molecule has 0 aliphatic rings. The molecule has 3 rings (SSSR count). The van der Waals surface area contributed by atoms with Gasteiger partial charge in [0, 0.05) is 37.6 Å². The first-order chi connectivity index (χ1) is 13.5. The molecular weight excluding hydrogens is 356 g/mol. The fourth-order valence-electron chi connectivity index (χ4n) is 2.76. The summed E-state index contributed by atoms with van der Waals surface area (Å²) in [5, 5.41) is 13.6. The number of nitrogens with zero attached hydrogens (tertiary/aromatic N) is 6. The highest BCUT2D eigenvalue weighted by Gasteiger charge is 2.11. The van der Waals surface area contributed by atoms with E-state index in [1.54, 1.807) is 13.2 Å². The van der Waals surface area contributed by atoms with Gasteiger partial charge >= 0.3 is 0 Å². The van der Waals surface area contributed by atoms with Crippen LogP contribution >= 0.6 is 0 Å². The molecule has 0 aliphatic carbocycles. The molecule has 9 heteroatoms. The van der Waals surface area contributed by atoms with Gasteiger partial charge in [0.25, 0.3) is 5.91 Å². The minimum absolute atomic E-state index is 0.269. The fraction of sp³-hybridized carbons (Fsp3) is 0.316. The molecule has 0 saturated carbocycles. The first-order valence-electron chi connectivity index (χ1n) is 9.14. The van der Waals surface area contributed by atoms with Crippen LogP contribution < -0.4 is 15.5 Å². The van der Waals surface area contributed by atoms with E-state index in [2.05, 4.69) is 49.7 Å². The summed E-state index contributed by atoms with van der Waals surface area (Å²) in [6, 6.07) is 9.32. The minimum atomic E-state index is -0.302. The van der Waals surface area contributed by atoms with Gasteiger partial charge in [-0.15, -0.1) is 5.10 Å². The van der Waals surface area contributed by atoms with Crippen LogP contribution in [-0.4, -0.2) is 44.0 Å². The van der Waals surface area contributed by atoms with Crippen molar-refractivity contribution >= 4 is 28.9 Å². The van der Waals surface area contributed by atoms with E-state index in [1.807, 2.05) is 37.3 Å². The van der Waals surface area contributed by atoms with Crippen LogP contribution in [0.5, 0.6) is 0 Å².